The van der Waals surface area contributed by atoms with Gasteiger partial charge in [-0.3, -0.25) is 0 Å². The van der Waals surface area contributed by atoms with Crippen molar-refractivity contribution in [1.82, 2.24) is 10.3 Å². The molecule has 1 N–H and O–H groups in total. The molecule has 0 amide bonds. The van der Waals surface area contributed by atoms with Gasteiger partial charge in [-0.05, 0) is 26.8 Å². The van der Waals surface area contributed by atoms with Crippen LogP contribution in [0.3, 0.4) is 0 Å². The Hall–Kier alpha value is -0.650. The highest BCUT2D eigenvalue weighted by Crippen LogP contribution is 2.31. The van der Waals surface area contributed by atoms with Crippen LogP contribution < -0.4 is 10.2 Å². The number of nitrogens with zero attached hydrogens (tertiary/aromatic N) is 2. The van der Waals surface area contributed by atoms with Crippen molar-refractivity contribution in [2.24, 2.45) is 0 Å². The Kier molecular flexibility index (Phi) is 4.59. The number of ether oxygens (including phenoxy) is 1. The molecule has 102 valence electrons. The zero-order valence-electron chi connectivity index (χ0n) is 11.7. The average molecular weight is 269 g/mol. The van der Waals surface area contributed by atoms with Crippen LogP contribution in [0.1, 0.15) is 36.9 Å². The van der Waals surface area contributed by atoms with Crippen molar-refractivity contribution in [3.63, 3.8) is 0 Å². The monoisotopic (exact) mass is 269 g/mol. The SMILES string of the molecule is CCNC(C)c1sc(N(C)C2CCOC2)nc1C. The number of nitrogens with one attached hydrogen (secondary N) is 1. The molecule has 4 nitrogen and oxygen atoms in total. The summed E-state index contributed by atoms with van der Waals surface area (Å²) in [5, 5.41) is 4.57. The lowest BCUT2D eigenvalue weighted by molar-refractivity contribution is 0.193. The average Bonchev–Trinajstić information content (AvgIpc) is 2.97. The largest absolute Gasteiger partial charge is 0.379 e. The number of aryl methyl sites for hydroxylation is 1. The summed E-state index contributed by atoms with van der Waals surface area (Å²) in [5.41, 5.74) is 1.15. The van der Waals surface area contributed by atoms with E-state index in [1.165, 1.54) is 4.88 Å². The molecule has 5 heteroatoms. The van der Waals surface area contributed by atoms with Crippen molar-refractivity contribution in [2.75, 3.05) is 31.7 Å². The van der Waals surface area contributed by atoms with Crippen LogP contribution in [0, 0.1) is 6.92 Å². The molecule has 0 bridgehead atoms. The summed E-state index contributed by atoms with van der Waals surface area (Å²) in [7, 11) is 2.12. The van der Waals surface area contributed by atoms with E-state index in [0.29, 0.717) is 12.1 Å². The van der Waals surface area contributed by atoms with Crippen LogP contribution in [0.5, 0.6) is 0 Å². The van der Waals surface area contributed by atoms with Gasteiger partial charge < -0.3 is 15.0 Å². The van der Waals surface area contributed by atoms with Crippen molar-refractivity contribution < 1.29 is 4.74 Å². The van der Waals surface area contributed by atoms with Gasteiger partial charge in [-0.1, -0.05) is 6.92 Å². The Bertz CT molecular complexity index is 388. The summed E-state index contributed by atoms with van der Waals surface area (Å²) in [6.07, 6.45) is 1.10. The summed E-state index contributed by atoms with van der Waals surface area (Å²) in [5.74, 6) is 0. The van der Waals surface area contributed by atoms with Crippen molar-refractivity contribution >= 4 is 16.5 Å². The molecule has 2 rings (SSSR count). The molecular weight excluding hydrogens is 246 g/mol. The number of hydrogen-bond acceptors (Lipinski definition) is 5. The Morgan fingerprint density at radius 2 is 2.39 bits per heavy atom. The Balaban J connectivity index is 2.12. The van der Waals surface area contributed by atoms with E-state index in [9.17, 15) is 0 Å². The number of aromatic nitrogens is 1. The zero-order valence-corrected chi connectivity index (χ0v) is 12.5. The lowest BCUT2D eigenvalue weighted by atomic mass is 10.2. The van der Waals surface area contributed by atoms with Crippen LogP contribution in [0.25, 0.3) is 0 Å². The second-order valence-electron chi connectivity index (χ2n) is 4.85. The summed E-state index contributed by atoms with van der Waals surface area (Å²) in [6, 6.07) is 0.868. The van der Waals surface area contributed by atoms with E-state index in [1.807, 2.05) is 0 Å². The first-order valence-electron chi connectivity index (χ1n) is 6.64. The molecule has 1 aliphatic rings. The third-order valence-electron chi connectivity index (χ3n) is 3.48. The maximum Gasteiger partial charge on any atom is 0.185 e. The van der Waals surface area contributed by atoms with Crippen molar-refractivity contribution in [3.05, 3.63) is 10.6 Å². The Morgan fingerprint density at radius 1 is 1.61 bits per heavy atom. The molecular formula is C13H23N3OS. The minimum absolute atomic E-state index is 0.384. The molecule has 2 heterocycles. The van der Waals surface area contributed by atoms with Crippen LogP contribution in [0.2, 0.25) is 0 Å². The Morgan fingerprint density at radius 3 is 3.00 bits per heavy atom. The highest BCUT2D eigenvalue weighted by molar-refractivity contribution is 7.15. The van der Waals surface area contributed by atoms with Gasteiger partial charge in [-0.25, -0.2) is 4.98 Å². The fourth-order valence-electron chi connectivity index (χ4n) is 2.33. The van der Waals surface area contributed by atoms with Gasteiger partial charge in [0.25, 0.3) is 0 Å². The standard InChI is InChI=1S/C13H23N3OS/c1-5-14-9(2)12-10(3)15-13(18-12)16(4)11-6-7-17-8-11/h9,11,14H,5-8H2,1-4H3. The normalized spacial score (nSPS) is 21.2. The topological polar surface area (TPSA) is 37.4 Å². The molecule has 2 unspecified atom stereocenters. The number of rotatable bonds is 5. The van der Waals surface area contributed by atoms with Crippen LogP contribution >= 0.6 is 11.3 Å². The molecule has 0 aromatic carbocycles. The van der Waals surface area contributed by atoms with E-state index in [-0.39, 0.29) is 0 Å². The maximum atomic E-state index is 5.45. The van der Waals surface area contributed by atoms with Crippen LogP contribution in [0.4, 0.5) is 5.13 Å². The number of likely N-dealkylation sites (N-methyl/N-ethyl adjacent to an activating group) is 1. The molecule has 0 aliphatic carbocycles. The van der Waals surface area contributed by atoms with E-state index in [4.69, 9.17) is 9.72 Å². The third-order valence-corrected chi connectivity index (χ3v) is 4.91. The molecule has 1 aromatic rings. The van der Waals surface area contributed by atoms with Gasteiger partial charge in [-0.15, -0.1) is 11.3 Å². The first-order valence-corrected chi connectivity index (χ1v) is 7.46. The fraction of sp³-hybridized carbons (Fsp3) is 0.769. The van der Waals surface area contributed by atoms with Crippen LogP contribution in [-0.2, 0) is 4.74 Å². The number of hydrogen-bond donors (Lipinski definition) is 1. The van der Waals surface area contributed by atoms with E-state index >= 15 is 0 Å². The van der Waals surface area contributed by atoms with Gasteiger partial charge >= 0.3 is 0 Å². The minimum atomic E-state index is 0.384. The molecule has 2 atom stereocenters. The molecule has 1 saturated heterocycles. The van der Waals surface area contributed by atoms with Gasteiger partial charge in [0.05, 0.1) is 18.3 Å². The van der Waals surface area contributed by atoms with E-state index in [0.717, 1.165) is 37.0 Å². The second kappa shape index (κ2) is 5.99. The third kappa shape index (κ3) is 2.84. The lowest BCUT2D eigenvalue weighted by Gasteiger charge is -2.22. The quantitative estimate of drug-likeness (QED) is 0.890. The van der Waals surface area contributed by atoms with E-state index in [1.54, 1.807) is 11.3 Å². The second-order valence-corrected chi connectivity index (χ2v) is 5.86. The van der Waals surface area contributed by atoms with Gasteiger partial charge in [0.2, 0.25) is 0 Å². The lowest BCUT2D eigenvalue weighted by Crippen LogP contribution is -2.31. The van der Waals surface area contributed by atoms with Gasteiger partial charge in [-0.2, -0.15) is 0 Å². The summed E-state index contributed by atoms with van der Waals surface area (Å²) >= 11 is 1.80. The Labute approximate surface area is 113 Å². The molecule has 0 spiro atoms. The smallest absolute Gasteiger partial charge is 0.185 e. The van der Waals surface area contributed by atoms with Crippen molar-refractivity contribution in [1.29, 1.82) is 0 Å². The first-order chi connectivity index (χ1) is 8.63. The van der Waals surface area contributed by atoms with Gasteiger partial charge in [0.15, 0.2) is 5.13 Å². The summed E-state index contributed by atoms with van der Waals surface area (Å²) in [4.78, 5) is 8.32. The molecule has 1 aliphatic heterocycles. The highest BCUT2D eigenvalue weighted by Gasteiger charge is 2.24. The number of anilines is 1. The fourth-order valence-corrected chi connectivity index (χ4v) is 3.45. The first kappa shape index (κ1) is 13.8. The van der Waals surface area contributed by atoms with Crippen molar-refractivity contribution in [2.45, 2.75) is 39.3 Å². The van der Waals surface area contributed by atoms with Crippen LogP contribution in [0.15, 0.2) is 0 Å². The molecule has 1 fully saturated rings. The van der Waals surface area contributed by atoms with Gasteiger partial charge in [0.1, 0.15) is 0 Å². The molecule has 1 aromatic heterocycles. The van der Waals surface area contributed by atoms with Crippen LogP contribution in [-0.4, -0.2) is 37.8 Å². The summed E-state index contributed by atoms with van der Waals surface area (Å²) in [6.45, 7) is 9.12. The predicted molar refractivity (Wildman–Crippen MR) is 76.6 cm³/mol. The highest BCUT2D eigenvalue weighted by atomic mass is 32.1. The minimum Gasteiger partial charge on any atom is -0.379 e. The molecule has 18 heavy (non-hydrogen) atoms. The molecule has 0 radical (unpaired) electrons. The number of thiazole rings is 1. The zero-order chi connectivity index (χ0) is 13.1. The van der Waals surface area contributed by atoms with Crippen molar-refractivity contribution in [3.8, 4) is 0 Å². The summed E-state index contributed by atoms with van der Waals surface area (Å²) < 4.78 is 5.45. The molecule has 0 saturated carbocycles. The van der Waals surface area contributed by atoms with E-state index in [2.05, 4.69) is 38.0 Å². The predicted octanol–water partition coefficient (Wildman–Crippen LogP) is 2.35. The maximum absolute atomic E-state index is 5.45. The van der Waals surface area contributed by atoms with E-state index < -0.39 is 0 Å². The van der Waals surface area contributed by atoms with Gasteiger partial charge in [0, 0.05) is 24.6 Å².